The lowest BCUT2D eigenvalue weighted by molar-refractivity contribution is -0.385. The van der Waals surface area contributed by atoms with Gasteiger partial charge in [-0.1, -0.05) is 23.7 Å². The number of carbonyl (C=O) groups is 2. The second-order valence-corrected chi connectivity index (χ2v) is 4.04. The Morgan fingerprint density at radius 1 is 1.33 bits per heavy atom. The molecule has 7 nitrogen and oxygen atoms in total. The van der Waals surface area contributed by atoms with Crippen molar-refractivity contribution in [3.05, 3.63) is 38.9 Å². The molecule has 0 radical (unpaired) electrons. The maximum absolute atomic E-state index is 11.1. The van der Waals surface area contributed by atoms with Crippen molar-refractivity contribution in [3.63, 3.8) is 0 Å². The minimum absolute atomic E-state index is 0.314. The molecule has 1 aromatic carbocycles. The van der Waals surface area contributed by atoms with Crippen molar-refractivity contribution in [1.82, 2.24) is 0 Å². The van der Waals surface area contributed by atoms with Gasteiger partial charge in [0, 0.05) is 0 Å². The molecule has 0 spiro atoms. The largest absolute Gasteiger partial charge is 0.480 e. The normalized spacial score (nSPS) is 11.0. The maximum Gasteiger partial charge on any atom is 0.325 e. The molecule has 18 heavy (non-hydrogen) atoms. The molecular weight excluding hydrogens is 266 g/mol. The van der Waals surface area contributed by atoms with Gasteiger partial charge in [0.15, 0.2) is 5.41 Å². The van der Waals surface area contributed by atoms with Crippen LogP contribution in [0.2, 0.25) is 5.02 Å². The highest BCUT2D eigenvalue weighted by atomic mass is 35.5. The lowest BCUT2D eigenvalue weighted by Gasteiger charge is -2.20. The smallest absolute Gasteiger partial charge is 0.325 e. The van der Waals surface area contributed by atoms with E-state index in [4.69, 9.17) is 21.8 Å². The van der Waals surface area contributed by atoms with E-state index in [1.165, 1.54) is 12.1 Å². The molecule has 0 heterocycles. The topological polar surface area (TPSA) is 118 Å². The fourth-order valence-electron chi connectivity index (χ4n) is 1.43. The number of nitro benzene ring substituents is 1. The second-order valence-electron chi connectivity index (χ2n) is 3.63. The van der Waals surface area contributed by atoms with Gasteiger partial charge in [-0.2, -0.15) is 0 Å². The van der Waals surface area contributed by atoms with E-state index in [2.05, 4.69) is 0 Å². The number of rotatable bonds is 4. The fraction of sp³-hybridized carbons (Fsp3) is 0.200. The number of nitro groups is 1. The van der Waals surface area contributed by atoms with Crippen LogP contribution in [0.15, 0.2) is 18.2 Å². The summed E-state index contributed by atoms with van der Waals surface area (Å²) < 4.78 is 0. The van der Waals surface area contributed by atoms with Crippen molar-refractivity contribution >= 4 is 29.2 Å². The number of aliphatic carboxylic acids is 2. The van der Waals surface area contributed by atoms with E-state index in [1.807, 2.05) is 0 Å². The van der Waals surface area contributed by atoms with Crippen LogP contribution in [0.1, 0.15) is 12.5 Å². The average Bonchev–Trinajstić information content (AvgIpc) is 2.26. The standard InChI is InChI=1S/C10H8ClNO6/c1-10(8(13)14,9(15)16)5-3-2-4-6(11)7(5)12(17)18/h2-4H,1H3,(H,13,14)(H,15,16). The molecule has 1 rings (SSSR count). The number of carboxylic acids is 2. The average molecular weight is 274 g/mol. The summed E-state index contributed by atoms with van der Waals surface area (Å²) in [5.74, 6) is -3.42. The summed E-state index contributed by atoms with van der Waals surface area (Å²) in [6.07, 6.45) is 0. The molecule has 0 atom stereocenters. The number of hydrogen-bond acceptors (Lipinski definition) is 4. The quantitative estimate of drug-likeness (QED) is 0.489. The Morgan fingerprint density at radius 2 is 1.83 bits per heavy atom. The van der Waals surface area contributed by atoms with Gasteiger partial charge in [0.1, 0.15) is 5.02 Å². The third-order valence-corrected chi connectivity index (χ3v) is 2.87. The van der Waals surface area contributed by atoms with Gasteiger partial charge >= 0.3 is 11.9 Å². The Hall–Kier alpha value is -2.15. The lowest BCUT2D eigenvalue weighted by atomic mass is 9.81. The first-order valence-electron chi connectivity index (χ1n) is 4.63. The van der Waals surface area contributed by atoms with Crippen molar-refractivity contribution in [2.45, 2.75) is 12.3 Å². The van der Waals surface area contributed by atoms with Crippen LogP contribution >= 0.6 is 11.6 Å². The van der Waals surface area contributed by atoms with Crippen LogP contribution in [-0.2, 0) is 15.0 Å². The van der Waals surface area contributed by atoms with Crippen molar-refractivity contribution in [2.75, 3.05) is 0 Å². The van der Waals surface area contributed by atoms with Crippen LogP contribution in [0.3, 0.4) is 0 Å². The molecule has 0 aliphatic heterocycles. The second kappa shape index (κ2) is 4.61. The third kappa shape index (κ3) is 2.00. The van der Waals surface area contributed by atoms with Gasteiger partial charge in [0.05, 0.1) is 10.5 Å². The predicted molar refractivity (Wildman–Crippen MR) is 60.7 cm³/mol. The van der Waals surface area contributed by atoms with Crippen LogP contribution in [-0.4, -0.2) is 27.1 Å². The van der Waals surface area contributed by atoms with Gasteiger partial charge < -0.3 is 10.2 Å². The van der Waals surface area contributed by atoms with Crippen LogP contribution in [0.4, 0.5) is 5.69 Å². The zero-order valence-corrected chi connectivity index (χ0v) is 9.84. The molecule has 0 bridgehead atoms. The number of carboxylic acid groups (broad SMARTS) is 2. The first-order chi connectivity index (χ1) is 8.22. The van der Waals surface area contributed by atoms with Gasteiger partial charge in [-0.3, -0.25) is 19.7 Å². The minimum Gasteiger partial charge on any atom is -0.480 e. The first-order valence-corrected chi connectivity index (χ1v) is 5.01. The summed E-state index contributed by atoms with van der Waals surface area (Å²) in [6.45, 7) is 0.871. The van der Waals surface area contributed by atoms with Gasteiger partial charge in [-0.05, 0) is 13.0 Å². The summed E-state index contributed by atoms with van der Waals surface area (Å²) in [7, 11) is 0. The Morgan fingerprint density at radius 3 is 2.22 bits per heavy atom. The van der Waals surface area contributed by atoms with Crippen LogP contribution < -0.4 is 0 Å². The van der Waals surface area contributed by atoms with Gasteiger partial charge in [0.2, 0.25) is 0 Å². The maximum atomic E-state index is 11.1. The molecule has 2 N–H and O–H groups in total. The number of nitrogens with zero attached hydrogens (tertiary/aromatic N) is 1. The predicted octanol–water partition coefficient (Wildman–Crippen LogP) is 1.68. The minimum atomic E-state index is -2.44. The van der Waals surface area contributed by atoms with Crippen molar-refractivity contribution < 1.29 is 24.7 Å². The van der Waals surface area contributed by atoms with Crippen LogP contribution in [0, 0.1) is 10.1 Å². The number of hydrogen-bond donors (Lipinski definition) is 2. The summed E-state index contributed by atoms with van der Waals surface area (Å²) >= 11 is 5.61. The van der Waals surface area contributed by atoms with E-state index < -0.39 is 33.5 Å². The fourth-order valence-corrected chi connectivity index (χ4v) is 1.67. The monoisotopic (exact) mass is 273 g/mol. The Labute approximate surface area is 106 Å². The van der Waals surface area contributed by atoms with Crippen LogP contribution in [0.5, 0.6) is 0 Å². The molecule has 0 amide bonds. The van der Waals surface area contributed by atoms with Crippen LogP contribution in [0.25, 0.3) is 0 Å². The molecule has 0 aromatic heterocycles. The highest BCUT2D eigenvalue weighted by Crippen LogP contribution is 2.37. The highest BCUT2D eigenvalue weighted by Gasteiger charge is 2.48. The van der Waals surface area contributed by atoms with Crippen molar-refractivity contribution in [2.24, 2.45) is 0 Å². The SMILES string of the molecule is CC(C(=O)O)(C(=O)O)c1cccc(Cl)c1[N+](=O)[O-]. The van der Waals surface area contributed by atoms with Crippen molar-refractivity contribution in [1.29, 1.82) is 0 Å². The zero-order chi connectivity index (χ0) is 14.1. The molecule has 0 saturated carbocycles. The summed E-state index contributed by atoms with van der Waals surface area (Å²) in [4.78, 5) is 32.2. The van der Waals surface area contributed by atoms with E-state index >= 15 is 0 Å². The van der Waals surface area contributed by atoms with Gasteiger partial charge in [-0.25, -0.2) is 0 Å². The third-order valence-electron chi connectivity index (χ3n) is 2.56. The molecule has 1 aromatic rings. The molecule has 0 saturated heterocycles. The Kier molecular flexibility index (Phi) is 3.57. The van der Waals surface area contributed by atoms with Crippen molar-refractivity contribution in [3.8, 4) is 0 Å². The molecule has 0 aliphatic carbocycles. The molecule has 96 valence electrons. The Balaban J connectivity index is 3.68. The van der Waals surface area contributed by atoms with E-state index in [-0.39, 0.29) is 5.02 Å². The molecule has 8 heteroatoms. The number of halogens is 1. The van der Waals surface area contributed by atoms with E-state index in [9.17, 15) is 19.7 Å². The first kappa shape index (κ1) is 13.9. The van der Waals surface area contributed by atoms with Gasteiger partial charge in [0.25, 0.3) is 5.69 Å². The summed E-state index contributed by atoms with van der Waals surface area (Å²) in [6, 6.07) is 3.51. The summed E-state index contributed by atoms with van der Waals surface area (Å²) in [5.41, 5.74) is -3.63. The van der Waals surface area contributed by atoms with E-state index in [0.29, 0.717) is 0 Å². The number of para-hydroxylation sites is 1. The molecule has 0 aliphatic rings. The van der Waals surface area contributed by atoms with E-state index in [1.54, 1.807) is 0 Å². The number of benzene rings is 1. The zero-order valence-electron chi connectivity index (χ0n) is 9.08. The van der Waals surface area contributed by atoms with Gasteiger partial charge in [-0.15, -0.1) is 0 Å². The molecule has 0 fully saturated rings. The Bertz CT molecular complexity index is 527. The highest BCUT2D eigenvalue weighted by molar-refractivity contribution is 6.33. The summed E-state index contributed by atoms with van der Waals surface area (Å²) in [5, 5.41) is 28.6. The molecule has 0 unspecified atom stereocenters. The van der Waals surface area contributed by atoms with E-state index in [0.717, 1.165) is 13.0 Å². The lowest BCUT2D eigenvalue weighted by Crippen LogP contribution is -2.41. The molecular formula is C10H8ClNO6.